The summed E-state index contributed by atoms with van der Waals surface area (Å²) >= 11 is 5.87. The zero-order chi connectivity index (χ0) is 12.3. The molecule has 2 rings (SSSR count). The van der Waals surface area contributed by atoms with Crippen LogP contribution in [0.3, 0.4) is 0 Å². The van der Waals surface area contributed by atoms with E-state index >= 15 is 0 Å². The predicted octanol–water partition coefficient (Wildman–Crippen LogP) is 3.29. The molecule has 3 heteroatoms. The van der Waals surface area contributed by atoms with Gasteiger partial charge in [-0.2, -0.15) is 0 Å². The monoisotopic (exact) mass is 253 g/mol. The minimum absolute atomic E-state index is 0.196. The third-order valence-corrected chi connectivity index (χ3v) is 3.82. The third-order valence-electron chi connectivity index (χ3n) is 3.56. The van der Waals surface area contributed by atoms with Gasteiger partial charge in [0.25, 0.3) is 0 Å². The Morgan fingerprint density at radius 3 is 2.53 bits per heavy atom. The molecule has 3 atom stereocenters. The van der Waals surface area contributed by atoms with E-state index < -0.39 is 0 Å². The van der Waals surface area contributed by atoms with Crippen LogP contribution in [0, 0.1) is 0 Å². The molecule has 1 aromatic carbocycles. The average Bonchev–Trinajstić information content (AvgIpc) is 2.33. The Kier molecular flexibility index (Phi) is 4.43. The molecule has 1 aromatic rings. The molecular weight excluding hydrogens is 234 g/mol. The fourth-order valence-electron chi connectivity index (χ4n) is 2.47. The second-order valence-corrected chi connectivity index (χ2v) is 5.33. The molecular formula is C14H20ClNO. The van der Waals surface area contributed by atoms with E-state index in [1.807, 2.05) is 24.3 Å². The number of hydrogen-bond donors (Lipinski definition) is 2. The summed E-state index contributed by atoms with van der Waals surface area (Å²) in [6.45, 7) is 2.13. The van der Waals surface area contributed by atoms with Crippen molar-refractivity contribution in [1.29, 1.82) is 0 Å². The highest BCUT2D eigenvalue weighted by molar-refractivity contribution is 6.30. The lowest BCUT2D eigenvalue weighted by molar-refractivity contribution is 0.0860. The van der Waals surface area contributed by atoms with Crippen molar-refractivity contribution >= 4 is 11.6 Å². The minimum atomic E-state index is -0.196. The van der Waals surface area contributed by atoms with Crippen molar-refractivity contribution < 1.29 is 5.11 Å². The summed E-state index contributed by atoms with van der Waals surface area (Å²) in [6.07, 6.45) is 4.15. The van der Waals surface area contributed by atoms with Crippen LogP contribution in [0.1, 0.15) is 44.2 Å². The van der Waals surface area contributed by atoms with Crippen molar-refractivity contribution in [1.82, 2.24) is 5.32 Å². The topological polar surface area (TPSA) is 32.3 Å². The number of rotatable bonds is 3. The molecule has 94 valence electrons. The normalized spacial score (nSPS) is 26.8. The first-order chi connectivity index (χ1) is 8.16. The largest absolute Gasteiger partial charge is 0.392 e. The van der Waals surface area contributed by atoms with Crippen LogP contribution < -0.4 is 5.32 Å². The van der Waals surface area contributed by atoms with Gasteiger partial charge in [-0.25, -0.2) is 0 Å². The predicted molar refractivity (Wildman–Crippen MR) is 71.3 cm³/mol. The van der Waals surface area contributed by atoms with Gasteiger partial charge in [-0.15, -0.1) is 0 Å². The van der Waals surface area contributed by atoms with E-state index in [2.05, 4.69) is 12.2 Å². The van der Waals surface area contributed by atoms with Crippen LogP contribution in [-0.2, 0) is 0 Å². The lowest BCUT2D eigenvalue weighted by atomic mass is 9.91. The van der Waals surface area contributed by atoms with Crippen LogP contribution in [0.15, 0.2) is 24.3 Å². The first kappa shape index (κ1) is 12.9. The smallest absolute Gasteiger partial charge is 0.0693 e. The molecule has 0 aromatic heterocycles. The van der Waals surface area contributed by atoms with Crippen molar-refractivity contribution in [2.24, 2.45) is 0 Å². The van der Waals surface area contributed by atoms with Gasteiger partial charge in [-0.1, -0.05) is 36.6 Å². The minimum Gasteiger partial charge on any atom is -0.392 e. The quantitative estimate of drug-likeness (QED) is 0.867. The van der Waals surface area contributed by atoms with Crippen LogP contribution in [0.2, 0.25) is 5.02 Å². The maximum absolute atomic E-state index is 9.93. The molecule has 1 aliphatic carbocycles. The molecule has 0 saturated heterocycles. The summed E-state index contributed by atoms with van der Waals surface area (Å²) in [6, 6.07) is 8.38. The summed E-state index contributed by atoms with van der Waals surface area (Å²) in [5.41, 5.74) is 1.21. The molecule has 2 nitrogen and oxygen atoms in total. The van der Waals surface area contributed by atoms with Gasteiger partial charge in [0.15, 0.2) is 0 Å². The van der Waals surface area contributed by atoms with E-state index in [0.717, 1.165) is 24.3 Å². The molecule has 0 amide bonds. The van der Waals surface area contributed by atoms with Gasteiger partial charge < -0.3 is 10.4 Å². The third kappa shape index (κ3) is 3.44. The molecule has 1 fully saturated rings. The summed E-state index contributed by atoms with van der Waals surface area (Å²) in [5, 5.41) is 14.2. The summed E-state index contributed by atoms with van der Waals surface area (Å²) < 4.78 is 0. The lowest BCUT2D eigenvalue weighted by Crippen LogP contribution is -2.43. The maximum atomic E-state index is 9.93. The zero-order valence-electron chi connectivity index (χ0n) is 10.2. The summed E-state index contributed by atoms with van der Waals surface area (Å²) in [7, 11) is 0. The van der Waals surface area contributed by atoms with E-state index in [1.165, 1.54) is 12.0 Å². The maximum Gasteiger partial charge on any atom is 0.0693 e. The van der Waals surface area contributed by atoms with E-state index in [-0.39, 0.29) is 18.2 Å². The molecule has 0 aliphatic heterocycles. The molecule has 1 aliphatic rings. The van der Waals surface area contributed by atoms with Crippen LogP contribution in [0.5, 0.6) is 0 Å². The Labute approximate surface area is 108 Å². The highest BCUT2D eigenvalue weighted by atomic mass is 35.5. The van der Waals surface area contributed by atoms with Gasteiger partial charge in [0.05, 0.1) is 6.10 Å². The first-order valence-corrected chi connectivity index (χ1v) is 6.74. The highest BCUT2D eigenvalue weighted by Crippen LogP contribution is 2.22. The average molecular weight is 254 g/mol. The number of nitrogens with one attached hydrogen (secondary N) is 1. The molecule has 2 N–H and O–H groups in total. The van der Waals surface area contributed by atoms with E-state index in [0.29, 0.717) is 0 Å². The molecule has 0 bridgehead atoms. The fourth-order valence-corrected chi connectivity index (χ4v) is 2.60. The molecule has 0 spiro atoms. The lowest BCUT2D eigenvalue weighted by Gasteiger charge is -2.31. The van der Waals surface area contributed by atoms with E-state index in [9.17, 15) is 5.11 Å². The van der Waals surface area contributed by atoms with Crippen molar-refractivity contribution in [3.63, 3.8) is 0 Å². The molecule has 0 radical (unpaired) electrons. The van der Waals surface area contributed by atoms with Gasteiger partial charge in [-0.05, 0) is 37.5 Å². The van der Waals surface area contributed by atoms with Crippen molar-refractivity contribution in [3.05, 3.63) is 34.9 Å². The molecule has 17 heavy (non-hydrogen) atoms. The Hall–Kier alpha value is -0.570. The Morgan fingerprint density at radius 2 is 1.88 bits per heavy atom. The Morgan fingerprint density at radius 1 is 1.24 bits per heavy atom. The molecule has 0 heterocycles. The van der Waals surface area contributed by atoms with Gasteiger partial charge in [0.1, 0.15) is 0 Å². The molecule has 1 saturated carbocycles. The second-order valence-electron chi connectivity index (χ2n) is 4.90. The Bertz CT molecular complexity index is 352. The van der Waals surface area contributed by atoms with Gasteiger partial charge >= 0.3 is 0 Å². The van der Waals surface area contributed by atoms with Gasteiger partial charge in [0.2, 0.25) is 0 Å². The van der Waals surface area contributed by atoms with Gasteiger partial charge in [0, 0.05) is 17.1 Å². The number of benzene rings is 1. The van der Waals surface area contributed by atoms with Crippen molar-refractivity contribution in [3.8, 4) is 0 Å². The fraction of sp³-hybridized carbons (Fsp3) is 0.571. The number of aliphatic hydroxyl groups excluding tert-OH is 1. The molecule has 0 unspecified atom stereocenters. The van der Waals surface area contributed by atoms with Crippen LogP contribution >= 0.6 is 11.6 Å². The van der Waals surface area contributed by atoms with Crippen LogP contribution in [0.25, 0.3) is 0 Å². The summed E-state index contributed by atoms with van der Waals surface area (Å²) in [4.78, 5) is 0. The number of halogens is 1. The number of aliphatic hydroxyl groups is 1. The zero-order valence-corrected chi connectivity index (χ0v) is 11.0. The highest BCUT2D eigenvalue weighted by Gasteiger charge is 2.24. The van der Waals surface area contributed by atoms with Gasteiger partial charge in [-0.3, -0.25) is 0 Å². The second kappa shape index (κ2) is 5.85. The van der Waals surface area contributed by atoms with Crippen LogP contribution in [0.4, 0.5) is 0 Å². The van der Waals surface area contributed by atoms with Crippen molar-refractivity contribution in [2.75, 3.05) is 0 Å². The standard InChI is InChI=1S/C14H20ClNO/c1-10(11-6-8-12(15)9-7-11)16-13-4-2-3-5-14(13)17/h6-10,13-14,16-17H,2-5H2,1H3/t10-,13+,14+/m0/s1. The van der Waals surface area contributed by atoms with E-state index in [4.69, 9.17) is 11.6 Å². The first-order valence-electron chi connectivity index (χ1n) is 6.36. The summed E-state index contributed by atoms with van der Waals surface area (Å²) in [5.74, 6) is 0. The Balaban J connectivity index is 1.95. The SMILES string of the molecule is C[C@H](N[C@@H]1CCCC[C@H]1O)c1ccc(Cl)cc1. The van der Waals surface area contributed by atoms with E-state index in [1.54, 1.807) is 0 Å². The van der Waals surface area contributed by atoms with Crippen molar-refractivity contribution in [2.45, 2.75) is 50.8 Å². The van der Waals surface area contributed by atoms with Crippen LogP contribution in [-0.4, -0.2) is 17.3 Å². The number of hydrogen-bond acceptors (Lipinski definition) is 2.